The van der Waals surface area contributed by atoms with Crippen molar-refractivity contribution in [1.29, 1.82) is 0 Å². The largest absolute Gasteiger partial charge is 0.478 e. The quantitative estimate of drug-likeness (QED) is 0.0167. The number of carbonyl (C=O) groups is 7. The molecule has 0 radical (unpaired) electrons. The molecule has 0 bridgehead atoms. The third-order valence-electron chi connectivity index (χ3n) is 12.0. The predicted octanol–water partition coefficient (Wildman–Crippen LogP) is 10.6. The van der Waals surface area contributed by atoms with Gasteiger partial charge in [0.2, 0.25) is 0 Å². The highest BCUT2D eigenvalue weighted by molar-refractivity contribution is 6.30. The zero-order valence-corrected chi connectivity index (χ0v) is 56.8. The molecule has 0 aliphatic heterocycles. The molecule has 0 aliphatic rings. The van der Waals surface area contributed by atoms with Gasteiger partial charge in [-0.1, -0.05) is 46.4 Å². The molecule has 0 saturated heterocycles. The molecule has 0 aliphatic carbocycles. The smallest absolute Gasteiger partial charge is 0.384 e. The van der Waals surface area contributed by atoms with E-state index in [2.05, 4.69) is 71.3 Å². The van der Waals surface area contributed by atoms with Gasteiger partial charge in [0, 0.05) is 81.9 Å². The van der Waals surface area contributed by atoms with Crippen LogP contribution < -0.4 is 22.5 Å². The number of ether oxygens (including phenoxy) is 3. The van der Waals surface area contributed by atoms with Crippen molar-refractivity contribution in [3.63, 3.8) is 0 Å². The van der Waals surface area contributed by atoms with Crippen LogP contribution in [0.5, 0.6) is 0 Å². The van der Waals surface area contributed by atoms with E-state index in [0.29, 0.717) is 92.0 Å². The van der Waals surface area contributed by atoms with Crippen molar-refractivity contribution in [3.05, 3.63) is 211 Å². The fourth-order valence-electron chi connectivity index (χ4n) is 7.32. The molecule has 0 saturated carbocycles. The van der Waals surface area contributed by atoms with Gasteiger partial charge in [-0.15, -0.1) is 6.42 Å². The molecule has 28 nitrogen and oxygen atoms in total. The monoisotopic (exact) mass is 1430 g/mol. The van der Waals surface area contributed by atoms with E-state index in [-0.39, 0.29) is 58.2 Å². The summed E-state index contributed by atoms with van der Waals surface area (Å²) in [6, 6.07) is 30.4. The molecule has 0 aromatic carbocycles. The third-order valence-corrected chi connectivity index (χ3v) is 12.9. The summed E-state index contributed by atoms with van der Waals surface area (Å²) in [5, 5.41) is 32.9. The Morgan fingerprint density at radius 1 is 0.495 bits per heavy atom. The van der Waals surface area contributed by atoms with E-state index in [1.54, 1.807) is 82.3 Å². The molecule has 0 unspecified atom stereocenters. The number of carbonyl (C=O) groups excluding carboxylic acids is 5. The summed E-state index contributed by atoms with van der Waals surface area (Å²) in [7, 11) is 1.60. The Hall–Kier alpha value is -11.7. The van der Waals surface area contributed by atoms with Crippen LogP contribution in [0.25, 0.3) is 44.1 Å². The molecule has 99 heavy (non-hydrogen) atoms. The molecule has 0 atom stereocenters. The number of rotatable bonds is 10. The van der Waals surface area contributed by atoms with E-state index < -0.39 is 17.9 Å². The van der Waals surface area contributed by atoms with Crippen molar-refractivity contribution in [2.24, 2.45) is 0 Å². The summed E-state index contributed by atoms with van der Waals surface area (Å²) in [4.78, 5) is 119. The summed E-state index contributed by atoms with van der Waals surface area (Å²) in [6.45, 7) is 11.9. The van der Waals surface area contributed by atoms with Crippen LogP contribution in [-0.2, 0) is 25.6 Å². The Morgan fingerprint density at radius 3 is 1.25 bits per heavy atom. The van der Waals surface area contributed by atoms with Crippen LogP contribution in [-0.4, -0.2) is 139 Å². The summed E-state index contributed by atoms with van der Waals surface area (Å²) in [5.74, 6) is -1.34. The van der Waals surface area contributed by atoms with Gasteiger partial charge in [0.25, 0.3) is 5.91 Å². The molecule has 512 valence electrons. The number of pyridine rings is 11. The number of anilines is 3. The number of carboxylic acid groups (broad SMARTS) is 2. The van der Waals surface area contributed by atoms with Crippen molar-refractivity contribution in [2.45, 2.75) is 48.1 Å². The minimum absolute atomic E-state index is 0.0330. The molecular formula is C67H63Cl4N15O13. The van der Waals surface area contributed by atoms with E-state index in [0.717, 1.165) is 38.6 Å². The van der Waals surface area contributed by atoms with Gasteiger partial charge in [0.15, 0.2) is 28.9 Å². The average Bonchev–Trinajstić information content (AvgIpc) is 0.852. The number of hydrogen-bond donors (Lipinski definition) is 7. The number of nitrogens with two attached hydrogens (primary N) is 3. The summed E-state index contributed by atoms with van der Waals surface area (Å²) < 4.78 is 14.1. The second-order valence-corrected chi connectivity index (χ2v) is 20.7. The van der Waals surface area contributed by atoms with E-state index in [1.807, 2.05) is 57.2 Å². The minimum atomic E-state index is -1.10. The number of aliphatic hydroxyl groups is 1. The molecule has 10 N–H and O–H groups in total. The van der Waals surface area contributed by atoms with E-state index in [1.165, 1.54) is 49.1 Å². The van der Waals surface area contributed by atoms with Crippen LogP contribution in [0.15, 0.2) is 134 Å². The maximum absolute atomic E-state index is 11.5. The van der Waals surface area contributed by atoms with Crippen LogP contribution >= 0.6 is 46.4 Å². The minimum Gasteiger partial charge on any atom is -0.478 e. The standard InChI is InChI=1S/C12H12N2O2.C11H9ClN2O2.C11H11N3O.C10H8N2O2.C6H5ClN2O2.C6H7ClN2O.C6H5ClN2O.C5H6O2/c1-3-16-12(15)10-6-9-5-4-8(2)14-11(9)13-7-10;1-2-16-11(15)8-5-7-3-4-9(12)14-10(7)13-6-8;1-7-3-4-8-5-9(11(15)12-2)6-13-10(8)14-7;1-6-2-3-7-4-8(10(13)14)5-11-9(7)12-6;7-4-2-1-3(6(10)11)5(8)9-4;2*7-5-2-1-4(3-10)6(8)9-5;1-3-5(6)7-4-2/h4-7H,3H2,1-2H3;3-6H,2H2,1H3;3-6H,1-2H3,(H,12,15);2-5H,1H3,(H,13,14);1-2H,(H2,8,9)(H,10,11);1-2,10H,3H2,(H2,8,9);1-3H,(H2,8,9);1H,4H2,2H3. The lowest BCUT2D eigenvalue weighted by atomic mass is 10.2. The van der Waals surface area contributed by atoms with Crippen molar-refractivity contribution in [3.8, 4) is 12.3 Å². The highest BCUT2D eigenvalue weighted by atomic mass is 35.5. The molecule has 0 spiro atoms. The van der Waals surface area contributed by atoms with Crippen molar-refractivity contribution in [2.75, 3.05) is 44.1 Å². The molecule has 1 amide bonds. The number of nitrogens with one attached hydrogen (secondary N) is 1. The summed E-state index contributed by atoms with van der Waals surface area (Å²) in [5.41, 5.74) is 23.6. The van der Waals surface area contributed by atoms with Crippen molar-refractivity contribution >= 4 is 150 Å². The number of aromatic nitrogens is 11. The third kappa shape index (κ3) is 26.4. The second-order valence-electron chi connectivity index (χ2n) is 19.2. The Labute approximate surface area is 585 Å². The molecule has 11 heterocycles. The van der Waals surface area contributed by atoms with Gasteiger partial charge in [0.1, 0.15) is 43.6 Å². The average molecular weight is 1430 g/mol. The van der Waals surface area contributed by atoms with Crippen LogP contribution in [0.3, 0.4) is 0 Å². The Bertz CT molecular complexity index is 4630. The van der Waals surface area contributed by atoms with Crippen molar-refractivity contribution in [1.82, 2.24) is 60.1 Å². The second kappa shape index (κ2) is 40.6. The number of aryl methyl sites for hydroxylation is 3. The van der Waals surface area contributed by atoms with Gasteiger partial charge in [0.05, 0.1) is 54.2 Å². The molecule has 11 rings (SSSR count). The maximum atomic E-state index is 11.5. The van der Waals surface area contributed by atoms with Crippen LogP contribution in [0.4, 0.5) is 17.5 Å². The SMILES string of the molecule is C#CC(=O)OCC.CCOC(=O)c1cnc2nc(C)ccc2c1.CCOC(=O)c1cnc2nc(Cl)ccc2c1.CNC(=O)c1cnc2nc(C)ccc2c1.Cc1ccc2cc(C(=O)O)cnc2n1.Nc1nc(Cl)ccc1C(=O)O.Nc1nc(Cl)ccc1C=O.Nc1nc(Cl)ccc1CO. The van der Waals surface area contributed by atoms with Crippen molar-refractivity contribution < 1.29 is 63.1 Å². The number of fused-ring (bicyclic) bond motifs is 4. The first-order chi connectivity index (χ1) is 47.2. The molecule has 0 fully saturated rings. The lowest BCUT2D eigenvalue weighted by Gasteiger charge is -2.02. The number of aromatic carboxylic acids is 2. The van der Waals surface area contributed by atoms with E-state index in [4.69, 9.17) is 88.4 Å². The first-order valence-electron chi connectivity index (χ1n) is 28.8. The molecule has 11 aromatic heterocycles. The molecular weight excluding hydrogens is 1360 g/mol. The zero-order chi connectivity index (χ0) is 73.3. The number of carboxylic acids is 2. The summed E-state index contributed by atoms with van der Waals surface area (Å²) >= 11 is 22.1. The first-order valence-corrected chi connectivity index (χ1v) is 30.3. The van der Waals surface area contributed by atoms with Gasteiger partial charge in [-0.3, -0.25) is 9.59 Å². The molecule has 11 aromatic rings. The van der Waals surface area contributed by atoms with Gasteiger partial charge >= 0.3 is 29.8 Å². The normalized spacial score (nSPS) is 9.85. The van der Waals surface area contributed by atoms with Gasteiger partial charge in [-0.25, -0.2) is 78.8 Å². The van der Waals surface area contributed by atoms with Crippen LogP contribution in [0.1, 0.15) is 106 Å². The van der Waals surface area contributed by atoms with Crippen LogP contribution in [0, 0.1) is 33.1 Å². The first kappa shape index (κ1) is 79.7. The fourth-order valence-corrected chi connectivity index (χ4v) is 7.92. The topological polar surface area (TPSA) is 440 Å². The van der Waals surface area contributed by atoms with Gasteiger partial charge in [-0.2, -0.15) is 0 Å². The van der Waals surface area contributed by atoms with E-state index in [9.17, 15) is 33.6 Å². The summed E-state index contributed by atoms with van der Waals surface area (Å²) in [6.07, 6.45) is 11.1. The number of hydrogen-bond acceptors (Lipinski definition) is 25. The Morgan fingerprint density at radius 2 is 0.869 bits per heavy atom. The van der Waals surface area contributed by atoms with Crippen LogP contribution in [0.2, 0.25) is 20.6 Å². The Balaban J connectivity index is 0.000000243. The number of terminal acetylenes is 1. The number of amides is 1. The fraction of sp³-hybridized carbons (Fsp3) is 0.164. The lowest BCUT2D eigenvalue weighted by molar-refractivity contribution is -0.136. The lowest BCUT2D eigenvalue weighted by Crippen LogP contribution is -2.17. The number of nitrogen functional groups attached to an aromatic ring is 3. The Kier molecular flexibility index (Phi) is 32.7. The predicted molar refractivity (Wildman–Crippen MR) is 374 cm³/mol. The number of halogens is 4. The highest BCUT2D eigenvalue weighted by Gasteiger charge is 2.12. The highest BCUT2D eigenvalue weighted by Crippen LogP contribution is 2.19. The van der Waals surface area contributed by atoms with Gasteiger partial charge < -0.3 is 52.0 Å². The maximum Gasteiger partial charge on any atom is 0.384 e. The molecule has 32 heteroatoms. The van der Waals surface area contributed by atoms with Gasteiger partial charge in [-0.05, 0) is 151 Å². The number of aldehydes is 1. The number of esters is 3. The number of aliphatic hydroxyl groups excluding tert-OH is 1. The number of nitrogens with zero attached hydrogens (tertiary/aromatic N) is 11. The van der Waals surface area contributed by atoms with E-state index >= 15 is 0 Å². The zero-order valence-electron chi connectivity index (χ0n) is 53.8.